The number of hydrogen-bond acceptors (Lipinski definition) is 1. The Labute approximate surface area is 162 Å². The van der Waals surface area contributed by atoms with Gasteiger partial charge in [0.05, 0.1) is 0 Å². The van der Waals surface area contributed by atoms with Gasteiger partial charge in [-0.1, -0.05) is 108 Å². The molecular formula is C25H40O. The lowest BCUT2D eigenvalue weighted by Gasteiger charge is -2.04. The quantitative estimate of drug-likeness (QED) is 0.215. The van der Waals surface area contributed by atoms with Crippen LogP contribution in [0.5, 0.6) is 0 Å². The Hall–Kier alpha value is -1.11. The van der Waals surface area contributed by atoms with Gasteiger partial charge in [-0.15, -0.1) is 0 Å². The number of unbranched alkanes of at least 4 members (excludes halogenated alkanes) is 12. The molecule has 2 rings (SSSR count). The van der Waals surface area contributed by atoms with Gasteiger partial charge in [-0.2, -0.15) is 0 Å². The maximum Gasteiger partial charge on any atom is 0.162 e. The number of ketones is 1. The van der Waals surface area contributed by atoms with Crippen LogP contribution in [0.25, 0.3) is 0 Å². The van der Waals surface area contributed by atoms with E-state index >= 15 is 0 Å². The predicted molar refractivity (Wildman–Crippen MR) is 113 cm³/mol. The van der Waals surface area contributed by atoms with Crippen LogP contribution in [-0.4, -0.2) is 5.78 Å². The first kappa shape index (κ1) is 21.2. The van der Waals surface area contributed by atoms with E-state index in [1.165, 1.54) is 95.5 Å². The first-order valence-electron chi connectivity index (χ1n) is 11.4. The summed E-state index contributed by atoms with van der Waals surface area (Å²) in [6.07, 6.45) is 21.0. The zero-order valence-corrected chi connectivity index (χ0v) is 17.1. The van der Waals surface area contributed by atoms with Crippen LogP contribution in [0.2, 0.25) is 0 Å². The maximum atomic E-state index is 12.2. The number of hydrogen-bond donors (Lipinski definition) is 0. The molecule has 0 radical (unpaired) electrons. The normalized spacial score (nSPS) is 13.9. The first-order valence-corrected chi connectivity index (χ1v) is 11.4. The van der Waals surface area contributed by atoms with Gasteiger partial charge in [-0.05, 0) is 30.7 Å². The minimum atomic E-state index is 0.329. The highest BCUT2D eigenvalue weighted by Gasteiger charge is 2.23. The van der Waals surface area contributed by atoms with Crippen molar-refractivity contribution >= 4 is 5.78 Å². The summed E-state index contributed by atoms with van der Waals surface area (Å²) in [7, 11) is 0. The third kappa shape index (κ3) is 9.01. The Bertz CT molecular complexity index is 483. The largest absolute Gasteiger partial charge is 0.294 e. The summed E-state index contributed by atoms with van der Waals surface area (Å²) in [4.78, 5) is 12.2. The average molecular weight is 357 g/mol. The van der Waals surface area contributed by atoms with Gasteiger partial charge in [0.1, 0.15) is 0 Å². The minimum absolute atomic E-state index is 0.329. The van der Waals surface area contributed by atoms with E-state index in [0.29, 0.717) is 5.78 Å². The molecule has 0 aromatic heterocycles. The van der Waals surface area contributed by atoms with Gasteiger partial charge in [-0.25, -0.2) is 0 Å². The highest BCUT2D eigenvalue weighted by atomic mass is 16.1. The molecule has 1 aromatic rings. The van der Waals surface area contributed by atoms with Crippen LogP contribution in [-0.2, 0) is 0 Å². The molecule has 0 spiro atoms. The number of Topliss-reactive ketones (excluding diaryl/α,β-unsaturated/α-hetero) is 1. The highest BCUT2D eigenvalue weighted by Crippen LogP contribution is 2.39. The molecule has 0 atom stereocenters. The number of carbonyl (C=O) groups is 1. The van der Waals surface area contributed by atoms with Crippen LogP contribution in [0, 0.1) is 0 Å². The molecule has 0 bridgehead atoms. The fourth-order valence-electron chi connectivity index (χ4n) is 3.81. The fourth-order valence-corrected chi connectivity index (χ4v) is 3.81. The third-order valence-electron chi connectivity index (χ3n) is 5.79. The summed E-state index contributed by atoms with van der Waals surface area (Å²) in [5.41, 5.74) is 2.33. The summed E-state index contributed by atoms with van der Waals surface area (Å²) in [5.74, 6) is 1.11. The van der Waals surface area contributed by atoms with Crippen molar-refractivity contribution in [1.29, 1.82) is 0 Å². The first-order chi connectivity index (χ1) is 12.8. The summed E-state index contributed by atoms with van der Waals surface area (Å²) >= 11 is 0. The Kier molecular flexibility index (Phi) is 10.7. The smallest absolute Gasteiger partial charge is 0.162 e. The molecule has 1 aromatic carbocycles. The molecular weight excluding hydrogens is 316 g/mol. The van der Waals surface area contributed by atoms with E-state index < -0.39 is 0 Å². The van der Waals surface area contributed by atoms with Gasteiger partial charge in [0, 0.05) is 12.0 Å². The maximum absolute atomic E-state index is 12.2. The molecule has 0 aliphatic heterocycles. The number of rotatable bonds is 16. The van der Waals surface area contributed by atoms with Gasteiger partial charge in [0.25, 0.3) is 0 Å². The molecule has 0 N–H and O–H groups in total. The average Bonchev–Trinajstić information content (AvgIpc) is 3.51. The lowest BCUT2D eigenvalue weighted by atomic mass is 10.0. The molecule has 0 saturated heterocycles. The standard InChI is InChI=1S/C25H40O/c1-2-3-4-5-6-7-8-9-10-11-12-13-14-15-25(26)24-20-18-23(19-21-24)22-16-17-22/h18-22H,2-17H2,1H3. The van der Waals surface area contributed by atoms with Crippen LogP contribution < -0.4 is 0 Å². The molecule has 0 amide bonds. The topological polar surface area (TPSA) is 17.1 Å². The molecule has 0 unspecified atom stereocenters. The summed E-state index contributed by atoms with van der Waals surface area (Å²) in [5, 5.41) is 0. The Morgan fingerprint density at radius 3 is 1.65 bits per heavy atom. The van der Waals surface area contributed by atoms with E-state index in [0.717, 1.165) is 24.3 Å². The van der Waals surface area contributed by atoms with Crippen molar-refractivity contribution in [2.24, 2.45) is 0 Å². The van der Waals surface area contributed by atoms with E-state index in [4.69, 9.17) is 0 Å². The van der Waals surface area contributed by atoms with Crippen LogP contribution >= 0.6 is 0 Å². The van der Waals surface area contributed by atoms with Crippen molar-refractivity contribution in [1.82, 2.24) is 0 Å². The second-order valence-electron chi connectivity index (χ2n) is 8.31. The highest BCUT2D eigenvalue weighted by molar-refractivity contribution is 5.96. The fraction of sp³-hybridized carbons (Fsp3) is 0.720. The zero-order valence-electron chi connectivity index (χ0n) is 17.1. The monoisotopic (exact) mass is 356 g/mol. The second kappa shape index (κ2) is 13.1. The number of carbonyl (C=O) groups excluding carboxylic acids is 1. The molecule has 1 heteroatoms. The van der Waals surface area contributed by atoms with Crippen molar-refractivity contribution in [2.75, 3.05) is 0 Å². The van der Waals surface area contributed by atoms with E-state index in [1.54, 1.807) is 0 Å². The molecule has 0 heterocycles. The van der Waals surface area contributed by atoms with Crippen molar-refractivity contribution in [3.05, 3.63) is 35.4 Å². The molecule has 1 saturated carbocycles. The molecule has 1 fully saturated rings. The zero-order chi connectivity index (χ0) is 18.5. The molecule has 1 aliphatic carbocycles. The van der Waals surface area contributed by atoms with Gasteiger partial charge in [-0.3, -0.25) is 4.79 Å². The lowest BCUT2D eigenvalue weighted by Crippen LogP contribution is -1.99. The predicted octanol–water partition coefficient (Wildman–Crippen LogP) is 8.23. The van der Waals surface area contributed by atoms with E-state index in [2.05, 4.69) is 19.1 Å². The van der Waals surface area contributed by atoms with E-state index in [-0.39, 0.29) is 0 Å². The Morgan fingerprint density at radius 2 is 1.19 bits per heavy atom. The van der Waals surface area contributed by atoms with Crippen LogP contribution in [0.4, 0.5) is 0 Å². The lowest BCUT2D eigenvalue weighted by molar-refractivity contribution is 0.0979. The van der Waals surface area contributed by atoms with Gasteiger partial charge < -0.3 is 0 Å². The molecule has 1 nitrogen and oxygen atoms in total. The number of benzene rings is 1. The van der Waals surface area contributed by atoms with E-state index in [1.807, 2.05) is 12.1 Å². The van der Waals surface area contributed by atoms with Crippen LogP contribution in [0.1, 0.15) is 131 Å². The molecule has 26 heavy (non-hydrogen) atoms. The second-order valence-corrected chi connectivity index (χ2v) is 8.31. The Balaban J connectivity index is 1.39. The van der Waals surface area contributed by atoms with Crippen molar-refractivity contribution in [3.8, 4) is 0 Å². The van der Waals surface area contributed by atoms with Crippen molar-refractivity contribution in [2.45, 2.75) is 116 Å². The van der Waals surface area contributed by atoms with E-state index in [9.17, 15) is 4.79 Å². The van der Waals surface area contributed by atoms with Gasteiger partial charge in [0.15, 0.2) is 5.78 Å². The minimum Gasteiger partial charge on any atom is -0.294 e. The van der Waals surface area contributed by atoms with Gasteiger partial charge in [0.2, 0.25) is 0 Å². The third-order valence-corrected chi connectivity index (χ3v) is 5.79. The molecule has 1 aliphatic rings. The summed E-state index contributed by atoms with van der Waals surface area (Å²) in [6, 6.07) is 8.40. The molecule has 146 valence electrons. The van der Waals surface area contributed by atoms with Gasteiger partial charge >= 0.3 is 0 Å². The van der Waals surface area contributed by atoms with Crippen LogP contribution in [0.15, 0.2) is 24.3 Å². The SMILES string of the molecule is CCCCCCCCCCCCCCCC(=O)c1ccc(C2CC2)cc1. The Morgan fingerprint density at radius 1 is 0.731 bits per heavy atom. The van der Waals surface area contributed by atoms with Crippen molar-refractivity contribution in [3.63, 3.8) is 0 Å². The van der Waals surface area contributed by atoms with Crippen LogP contribution in [0.3, 0.4) is 0 Å². The summed E-state index contributed by atoms with van der Waals surface area (Å²) < 4.78 is 0. The summed E-state index contributed by atoms with van der Waals surface area (Å²) in [6.45, 7) is 2.28. The van der Waals surface area contributed by atoms with Crippen molar-refractivity contribution < 1.29 is 4.79 Å².